The number of carbonyl (C=O) groups excluding carboxylic acids is 1. The highest BCUT2D eigenvalue weighted by Crippen LogP contribution is 2.17. The summed E-state index contributed by atoms with van der Waals surface area (Å²) >= 11 is 0. The molecule has 1 aromatic rings. The van der Waals surface area contributed by atoms with Crippen LogP contribution in [0, 0.1) is 0 Å². The monoisotopic (exact) mass is 306 g/mol. The van der Waals surface area contributed by atoms with Crippen LogP contribution in [0.1, 0.15) is 25.3 Å². The first-order valence-corrected chi connectivity index (χ1v) is 7.94. The van der Waals surface area contributed by atoms with E-state index in [9.17, 15) is 9.90 Å². The molecule has 1 N–H and O–H groups in total. The molecule has 1 heterocycles. The minimum Gasteiger partial charge on any atom is -0.494 e. The molecule has 0 saturated carbocycles. The maximum absolute atomic E-state index is 12.3. The fourth-order valence-corrected chi connectivity index (χ4v) is 2.82. The Morgan fingerprint density at radius 2 is 2.14 bits per heavy atom. The Morgan fingerprint density at radius 1 is 1.41 bits per heavy atom. The third-order valence-corrected chi connectivity index (χ3v) is 4.13. The molecule has 1 aromatic carbocycles. The molecule has 0 unspecified atom stereocenters. The van der Waals surface area contributed by atoms with Gasteiger partial charge in [-0.15, -0.1) is 0 Å². The second-order valence-corrected chi connectivity index (χ2v) is 5.78. The van der Waals surface area contributed by atoms with Crippen LogP contribution in [0.25, 0.3) is 0 Å². The molecule has 22 heavy (non-hydrogen) atoms. The Hall–Kier alpha value is -1.59. The van der Waals surface area contributed by atoms with E-state index in [-0.39, 0.29) is 18.6 Å². The van der Waals surface area contributed by atoms with Gasteiger partial charge < -0.3 is 14.7 Å². The molecule has 1 fully saturated rings. The number of benzene rings is 1. The maximum atomic E-state index is 12.3. The lowest BCUT2D eigenvalue weighted by Gasteiger charge is -2.25. The summed E-state index contributed by atoms with van der Waals surface area (Å²) in [6.45, 7) is 4.61. The minimum absolute atomic E-state index is 0.0919. The number of hydrogen-bond acceptors (Lipinski definition) is 4. The highest BCUT2D eigenvalue weighted by atomic mass is 16.5. The Labute approximate surface area is 132 Å². The van der Waals surface area contributed by atoms with Gasteiger partial charge in [-0.25, -0.2) is 0 Å². The van der Waals surface area contributed by atoms with Crippen molar-refractivity contribution < 1.29 is 14.6 Å². The molecule has 1 atom stereocenters. The van der Waals surface area contributed by atoms with Crippen molar-refractivity contribution in [2.24, 2.45) is 0 Å². The second kappa shape index (κ2) is 8.15. The number of likely N-dealkylation sites (N-methyl/N-ethyl adjacent to an activating group) is 1. The van der Waals surface area contributed by atoms with Crippen LogP contribution in [0.5, 0.6) is 5.75 Å². The van der Waals surface area contributed by atoms with Gasteiger partial charge >= 0.3 is 0 Å². The number of likely N-dealkylation sites (tertiary alicyclic amines) is 1. The first-order valence-electron chi connectivity index (χ1n) is 7.94. The number of rotatable bonds is 7. The summed E-state index contributed by atoms with van der Waals surface area (Å²) in [5.74, 6) is 0.942. The molecule has 2 rings (SSSR count). The van der Waals surface area contributed by atoms with Crippen LogP contribution in [0.2, 0.25) is 0 Å². The molecule has 122 valence electrons. The molecule has 1 aliphatic rings. The standard InChI is InChI=1S/C17H26N2O3/c1-3-22-16-8-6-14(7-9-16)11-18(2)17(21)12-19-10-4-5-15(19)13-20/h6-9,15,20H,3-5,10-13H2,1-2H3/t15-/m1/s1. The summed E-state index contributed by atoms with van der Waals surface area (Å²) in [7, 11) is 1.82. The number of aliphatic hydroxyl groups excluding tert-OH is 1. The van der Waals surface area contributed by atoms with E-state index in [2.05, 4.69) is 4.90 Å². The van der Waals surface area contributed by atoms with E-state index in [1.165, 1.54) is 0 Å². The Bertz CT molecular complexity index is 475. The van der Waals surface area contributed by atoms with E-state index in [4.69, 9.17) is 4.74 Å². The first kappa shape index (κ1) is 16.8. The SMILES string of the molecule is CCOc1ccc(CN(C)C(=O)CN2CCC[C@@H]2CO)cc1. The van der Waals surface area contributed by atoms with Crippen molar-refractivity contribution in [3.05, 3.63) is 29.8 Å². The second-order valence-electron chi connectivity index (χ2n) is 5.78. The van der Waals surface area contributed by atoms with Crippen molar-refractivity contribution >= 4 is 5.91 Å². The van der Waals surface area contributed by atoms with E-state index in [0.717, 1.165) is 30.7 Å². The lowest BCUT2D eigenvalue weighted by molar-refractivity contribution is -0.132. The van der Waals surface area contributed by atoms with Gasteiger partial charge in [0.1, 0.15) is 5.75 Å². The molecule has 1 saturated heterocycles. The van der Waals surface area contributed by atoms with E-state index < -0.39 is 0 Å². The topological polar surface area (TPSA) is 53.0 Å². The highest BCUT2D eigenvalue weighted by Gasteiger charge is 2.26. The van der Waals surface area contributed by atoms with Crippen molar-refractivity contribution in [3.8, 4) is 5.75 Å². The van der Waals surface area contributed by atoms with E-state index in [1.807, 2.05) is 38.2 Å². The minimum atomic E-state index is 0.0919. The number of hydrogen-bond donors (Lipinski definition) is 1. The van der Waals surface area contributed by atoms with Crippen LogP contribution in [-0.4, -0.2) is 60.2 Å². The molecule has 5 heteroatoms. The fourth-order valence-electron chi connectivity index (χ4n) is 2.82. The highest BCUT2D eigenvalue weighted by molar-refractivity contribution is 5.78. The number of ether oxygens (including phenoxy) is 1. The summed E-state index contributed by atoms with van der Waals surface area (Å²) in [6, 6.07) is 7.98. The lowest BCUT2D eigenvalue weighted by Crippen LogP contribution is -2.41. The van der Waals surface area contributed by atoms with Gasteiger partial charge in [-0.2, -0.15) is 0 Å². The summed E-state index contributed by atoms with van der Waals surface area (Å²) in [5.41, 5.74) is 1.08. The molecule has 0 aliphatic carbocycles. The lowest BCUT2D eigenvalue weighted by atomic mass is 10.2. The smallest absolute Gasteiger partial charge is 0.236 e. The van der Waals surface area contributed by atoms with Gasteiger partial charge in [0.25, 0.3) is 0 Å². The van der Waals surface area contributed by atoms with Crippen LogP contribution in [-0.2, 0) is 11.3 Å². The number of nitrogens with zero attached hydrogens (tertiary/aromatic N) is 2. The van der Waals surface area contributed by atoms with Crippen molar-refractivity contribution in [2.75, 3.05) is 33.4 Å². The van der Waals surface area contributed by atoms with E-state index in [0.29, 0.717) is 19.7 Å². The van der Waals surface area contributed by atoms with E-state index >= 15 is 0 Å². The van der Waals surface area contributed by atoms with Gasteiger partial charge in [0, 0.05) is 19.6 Å². The molecule has 0 aromatic heterocycles. The van der Waals surface area contributed by atoms with Gasteiger partial charge in [0.2, 0.25) is 5.91 Å². The van der Waals surface area contributed by atoms with Crippen LogP contribution in [0.4, 0.5) is 0 Å². The van der Waals surface area contributed by atoms with Crippen LogP contribution in [0.3, 0.4) is 0 Å². The molecule has 1 aliphatic heterocycles. The zero-order valence-electron chi connectivity index (χ0n) is 13.5. The van der Waals surface area contributed by atoms with Gasteiger partial charge in [-0.3, -0.25) is 9.69 Å². The predicted molar refractivity (Wildman–Crippen MR) is 85.8 cm³/mol. The average Bonchev–Trinajstić information content (AvgIpc) is 2.96. The average molecular weight is 306 g/mol. The number of amides is 1. The van der Waals surface area contributed by atoms with Gasteiger partial charge in [0.05, 0.1) is 19.8 Å². The molecule has 0 radical (unpaired) electrons. The quantitative estimate of drug-likeness (QED) is 0.829. The van der Waals surface area contributed by atoms with Crippen molar-refractivity contribution in [3.63, 3.8) is 0 Å². The van der Waals surface area contributed by atoms with Crippen LogP contribution >= 0.6 is 0 Å². The van der Waals surface area contributed by atoms with Crippen molar-refractivity contribution in [1.82, 2.24) is 9.80 Å². The normalized spacial score (nSPS) is 18.4. The molecular weight excluding hydrogens is 280 g/mol. The Kier molecular flexibility index (Phi) is 6.21. The third-order valence-electron chi connectivity index (χ3n) is 4.13. The van der Waals surface area contributed by atoms with Crippen LogP contribution < -0.4 is 4.74 Å². The maximum Gasteiger partial charge on any atom is 0.236 e. The summed E-state index contributed by atoms with van der Waals surface area (Å²) in [4.78, 5) is 16.1. The third kappa shape index (κ3) is 4.45. The van der Waals surface area contributed by atoms with Gasteiger partial charge in [-0.05, 0) is 44.0 Å². The molecule has 0 spiro atoms. The zero-order valence-corrected chi connectivity index (χ0v) is 13.5. The molecule has 1 amide bonds. The zero-order chi connectivity index (χ0) is 15.9. The summed E-state index contributed by atoms with van der Waals surface area (Å²) in [5, 5.41) is 9.31. The Balaban J connectivity index is 1.85. The first-order chi connectivity index (χ1) is 10.6. The largest absolute Gasteiger partial charge is 0.494 e. The summed E-state index contributed by atoms with van der Waals surface area (Å²) < 4.78 is 5.42. The number of carbonyl (C=O) groups is 1. The molecule has 0 bridgehead atoms. The molecular formula is C17H26N2O3. The van der Waals surface area contributed by atoms with Crippen LogP contribution in [0.15, 0.2) is 24.3 Å². The number of aliphatic hydroxyl groups is 1. The Morgan fingerprint density at radius 3 is 2.77 bits per heavy atom. The molecule has 5 nitrogen and oxygen atoms in total. The van der Waals surface area contributed by atoms with E-state index in [1.54, 1.807) is 4.90 Å². The predicted octanol–water partition coefficient (Wildman–Crippen LogP) is 1.50. The van der Waals surface area contributed by atoms with Gasteiger partial charge in [0.15, 0.2) is 0 Å². The van der Waals surface area contributed by atoms with Gasteiger partial charge in [-0.1, -0.05) is 12.1 Å². The fraction of sp³-hybridized carbons (Fsp3) is 0.588. The van der Waals surface area contributed by atoms with Crippen molar-refractivity contribution in [2.45, 2.75) is 32.4 Å². The van der Waals surface area contributed by atoms with Crippen molar-refractivity contribution in [1.29, 1.82) is 0 Å². The summed E-state index contributed by atoms with van der Waals surface area (Å²) in [6.07, 6.45) is 2.04.